The number of carbonyl (C=O) groups is 2. The molecule has 0 aromatic heterocycles. The van der Waals surface area contributed by atoms with Crippen molar-refractivity contribution < 1.29 is 83.9 Å². The van der Waals surface area contributed by atoms with Crippen LogP contribution in [0.2, 0.25) is 0 Å². The van der Waals surface area contributed by atoms with Crippen LogP contribution in [-0.2, 0) is 48.0 Å². The maximum Gasteiger partial charge on any atom is 0.449 e. The summed E-state index contributed by atoms with van der Waals surface area (Å²) in [6.45, 7) is 5.63. The van der Waals surface area contributed by atoms with Crippen LogP contribution in [0, 0.1) is 35.5 Å². The number of carbonyl (C=O) groups excluding carboxylic acids is 2. The lowest BCUT2D eigenvalue weighted by Gasteiger charge is -2.57. The Morgan fingerprint density at radius 2 is 1.00 bits per heavy atom. The van der Waals surface area contributed by atoms with Crippen molar-refractivity contribution in [2.75, 3.05) is 13.2 Å². The summed E-state index contributed by atoms with van der Waals surface area (Å²) in [6.07, 6.45) is -9.08. The van der Waals surface area contributed by atoms with E-state index in [1.807, 2.05) is 13.8 Å². The van der Waals surface area contributed by atoms with E-state index in [9.17, 15) is 35.9 Å². The highest BCUT2D eigenvalue weighted by Crippen LogP contribution is 2.63. The second kappa shape index (κ2) is 13.5. The van der Waals surface area contributed by atoms with Crippen molar-refractivity contribution in [3.8, 4) is 0 Å². The van der Waals surface area contributed by atoms with Gasteiger partial charge in [-0.25, -0.2) is 29.1 Å². The molecule has 10 aliphatic rings. The molecule has 0 amide bonds. The summed E-state index contributed by atoms with van der Waals surface area (Å²) < 4.78 is 121. The van der Waals surface area contributed by atoms with Crippen molar-refractivity contribution >= 4 is 11.9 Å². The van der Waals surface area contributed by atoms with Crippen molar-refractivity contribution in [2.24, 2.45) is 35.5 Å². The molecule has 2 spiro atoms. The van der Waals surface area contributed by atoms with Crippen molar-refractivity contribution in [1.29, 1.82) is 0 Å². The van der Waals surface area contributed by atoms with Gasteiger partial charge < -0.3 is 28.4 Å². The Morgan fingerprint density at radius 3 is 1.36 bits per heavy atom. The van der Waals surface area contributed by atoms with Gasteiger partial charge in [-0.1, -0.05) is 13.8 Å². The standard InChI is InChI=1S/C40H44F6O12/c1-19-5-11-27-23(29(39(41,42)43)51-33-37(27)25(19)13-15-35(3,53-33)55-57-37)17-49-31(47)21-7-9-22(10-8-21)32(48)50-18-24-28-12-6-20(2)26-14-16-36(4)54-34(38(26,28)58-56-36)52-30(24)40(44,45)46/h7-10,19-20,25-28,33-34H,5-6,11-18H2,1-4H3/t19-,20-,25+,26+,27+,28+,33-,34-,35-,36+,37-,38-/m1/s1. The normalized spacial score (nSPS) is 41.7. The third kappa shape index (κ3) is 6.17. The molecule has 1 aromatic carbocycles. The predicted octanol–water partition coefficient (Wildman–Crippen LogP) is 8.12. The number of halogens is 6. The zero-order chi connectivity index (χ0) is 41.2. The molecule has 6 saturated heterocycles. The lowest BCUT2D eigenvalue weighted by molar-refractivity contribution is -0.558. The molecule has 2 saturated carbocycles. The fourth-order valence-corrected chi connectivity index (χ4v) is 11.0. The minimum atomic E-state index is -4.94. The molecule has 4 bridgehead atoms. The summed E-state index contributed by atoms with van der Waals surface area (Å²) in [5.74, 6) is -9.40. The van der Waals surface area contributed by atoms with Gasteiger partial charge in [-0.15, -0.1) is 0 Å². The van der Waals surface area contributed by atoms with E-state index in [1.54, 1.807) is 13.8 Å². The Kier molecular flexibility index (Phi) is 9.34. The van der Waals surface area contributed by atoms with Crippen LogP contribution >= 0.6 is 0 Å². The van der Waals surface area contributed by atoms with Crippen LogP contribution in [0.4, 0.5) is 26.3 Å². The molecule has 58 heavy (non-hydrogen) atoms. The van der Waals surface area contributed by atoms with Gasteiger partial charge in [0.25, 0.3) is 0 Å². The molecule has 11 rings (SSSR count). The number of fused-ring (bicyclic) bond motifs is 4. The quantitative estimate of drug-likeness (QED) is 0.156. The number of ether oxygens (including phenoxy) is 6. The average Bonchev–Trinajstić information content (AvgIpc) is 3.55. The summed E-state index contributed by atoms with van der Waals surface area (Å²) in [7, 11) is 0. The van der Waals surface area contributed by atoms with Gasteiger partial charge in [-0.2, -0.15) is 26.3 Å². The molecule has 0 unspecified atom stereocenters. The van der Waals surface area contributed by atoms with Crippen LogP contribution in [0.25, 0.3) is 0 Å². The minimum absolute atomic E-state index is 0.0600. The number of allylic oxidation sites excluding steroid dienone is 2. The first kappa shape index (κ1) is 40.0. The van der Waals surface area contributed by atoms with Gasteiger partial charge in [-0.05, 0) is 88.5 Å². The SMILES string of the molecule is C[C@@H]1CC[C@H]2C(COC(=O)c3ccc(C(=O)OCC4=C(C(F)(F)F)O[C@@H]5O[C@]6(C)CC[C@H]7[C@H](C)CC[C@@H]4[C@@]57OO6)cc3)=C(C(F)(F)F)O[C@@H]3O[C@@]4(C)CC[C@@H]1[C@]32OO4. The van der Waals surface area contributed by atoms with E-state index in [0.717, 1.165) is 0 Å². The highest BCUT2D eigenvalue weighted by molar-refractivity contribution is 5.93. The molecule has 0 N–H and O–H groups in total. The van der Waals surface area contributed by atoms with E-state index < -0.39 is 96.2 Å². The number of rotatable bonds is 6. The number of esters is 2. The van der Waals surface area contributed by atoms with E-state index in [-0.39, 0.29) is 58.8 Å². The molecular weight excluding hydrogens is 786 g/mol. The highest BCUT2D eigenvalue weighted by Gasteiger charge is 2.72. The molecule has 18 heteroatoms. The van der Waals surface area contributed by atoms with Crippen LogP contribution in [-0.4, -0.2) is 72.9 Å². The number of hydrogen-bond acceptors (Lipinski definition) is 12. The zero-order valence-corrected chi connectivity index (χ0v) is 32.2. The van der Waals surface area contributed by atoms with Crippen molar-refractivity contribution in [2.45, 2.75) is 127 Å². The van der Waals surface area contributed by atoms with Gasteiger partial charge >= 0.3 is 24.3 Å². The lowest BCUT2D eigenvalue weighted by atomic mass is 9.59. The Hall–Kier alpha value is -3.42. The van der Waals surface area contributed by atoms with E-state index in [1.165, 1.54) is 24.3 Å². The second-order valence-corrected chi connectivity index (χ2v) is 17.4. The van der Waals surface area contributed by atoms with E-state index >= 15 is 0 Å². The van der Waals surface area contributed by atoms with Crippen molar-refractivity contribution in [3.05, 3.63) is 58.1 Å². The summed E-state index contributed by atoms with van der Waals surface area (Å²) in [5.41, 5.74) is -3.61. The Morgan fingerprint density at radius 1 is 0.621 bits per heavy atom. The third-order valence-electron chi connectivity index (χ3n) is 13.9. The molecule has 8 heterocycles. The summed E-state index contributed by atoms with van der Waals surface area (Å²) in [6, 6.07) is 4.81. The zero-order valence-electron chi connectivity index (χ0n) is 32.2. The van der Waals surface area contributed by atoms with Gasteiger partial charge in [0.05, 0.1) is 11.1 Å². The van der Waals surface area contributed by atoms with E-state index in [2.05, 4.69) is 0 Å². The third-order valence-corrected chi connectivity index (χ3v) is 13.9. The van der Waals surface area contributed by atoms with Gasteiger partial charge in [0.2, 0.25) is 35.7 Å². The van der Waals surface area contributed by atoms with Gasteiger partial charge in [-0.3, -0.25) is 0 Å². The van der Waals surface area contributed by atoms with E-state index in [0.29, 0.717) is 38.5 Å². The molecule has 318 valence electrons. The fourth-order valence-electron chi connectivity index (χ4n) is 11.0. The summed E-state index contributed by atoms with van der Waals surface area (Å²) >= 11 is 0. The molecule has 12 atom stereocenters. The van der Waals surface area contributed by atoms with Crippen LogP contribution in [0.3, 0.4) is 0 Å². The van der Waals surface area contributed by atoms with Gasteiger partial charge in [0.15, 0.2) is 11.2 Å². The maximum atomic E-state index is 14.6. The second-order valence-electron chi connectivity index (χ2n) is 17.4. The first-order valence-electron chi connectivity index (χ1n) is 19.8. The summed E-state index contributed by atoms with van der Waals surface area (Å²) in [4.78, 5) is 49.8. The first-order chi connectivity index (χ1) is 27.3. The molecule has 2 aliphatic carbocycles. The number of hydrogen-bond donors (Lipinski definition) is 0. The molecule has 8 aliphatic heterocycles. The minimum Gasteiger partial charge on any atom is -0.457 e. The maximum absolute atomic E-state index is 14.6. The molecular formula is C40H44F6O12. The first-order valence-corrected chi connectivity index (χ1v) is 19.8. The Bertz CT molecular complexity index is 1780. The van der Waals surface area contributed by atoms with Crippen LogP contribution < -0.4 is 0 Å². The molecule has 12 nitrogen and oxygen atoms in total. The van der Waals surface area contributed by atoms with Crippen LogP contribution in [0.5, 0.6) is 0 Å². The van der Waals surface area contributed by atoms with Crippen LogP contribution in [0.1, 0.15) is 99.8 Å². The molecule has 1 aromatic rings. The monoisotopic (exact) mass is 830 g/mol. The predicted molar refractivity (Wildman–Crippen MR) is 181 cm³/mol. The van der Waals surface area contributed by atoms with E-state index in [4.69, 9.17) is 48.0 Å². The van der Waals surface area contributed by atoms with Gasteiger partial charge in [0, 0.05) is 47.7 Å². The Balaban J connectivity index is 0.913. The smallest absolute Gasteiger partial charge is 0.449 e. The highest BCUT2D eigenvalue weighted by atomic mass is 19.4. The van der Waals surface area contributed by atoms with Crippen molar-refractivity contribution in [1.82, 2.24) is 0 Å². The average molecular weight is 831 g/mol. The Labute approximate surface area is 329 Å². The fraction of sp³-hybridized carbons (Fsp3) is 0.700. The van der Waals surface area contributed by atoms with Crippen LogP contribution in [0.15, 0.2) is 46.9 Å². The summed E-state index contributed by atoms with van der Waals surface area (Å²) in [5, 5.41) is 0. The van der Waals surface area contributed by atoms with Crippen molar-refractivity contribution in [3.63, 3.8) is 0 Å². The largest absolute Gasteiger partial charge is 0.457 e. The molecule has 0 radical (unpaired) electrons. The topological polar surface area (TPSA) is 126 Å². The number of benzene rings is 1. The van der Waals surface area contributed by atoms with Gasteiger partial charge in [0.1, 0.15) is 13.2 Å². The number of alkyl halides is 6. The molecule has 8 fully saturated rings. The lowest BCUT2D eigenvalue weighted by Crippen LogP contribution is -2.67.